The van der Waals surface area contributed by atoms with Crippen molar-refractivity contribution in [2.75, 3.05) is 0 Å². The van der Waals surface area contributed by atoms with Crippen molar-refractivity contribution in [3.8, 4) is 11.3 Å². The fourth-order valence-corrected chi connectivity index (χ4v) is 2.57. The molecule has 0 fully saturated rings. The summed E-state index contributed by atoms with van der Waals surface area (Å²) in [6.07, 6.45) is 2.14. The molecule has 0 spiro atoms. The third-order valence-corrected chi connectivity index (χ3v) is 3.93. The zero-order chi connectivity index (χ0) is 20.1. The number of esters is 1. The lowest BCUT2D eigenvalue weighted by atomic mass is 10.1. The Kier molecular flexibility index (Phi) is 5.64. The normalized spacial score (nSPS) is 10.9. The van der Waals surface area contributed by atoms with Crippen LogP contribution in [0.5, 0.6) is 0 Å². The van der Waals surface area contributed by atoms with Crippen molar-refractivity contribution >= 4 is 18.0 Å². The van der Waals surface area contributed by atoms with Gasteiger partial charge in [0.25, 0.3) is 0 Å². The molecule has 0 radical (unpaired) electrons. The van der Waals surface area contributed by atoms with Crippen molar-refractivity contribution in [3.63, 3.8) is 0 Å². The molecule has 0 amide bonds. The minimum atomic E-state index is -1.49. The fourth-order valence-electron chi connectivity index (χ4n) is 2.57. The van der Waals surface area contributed by atoms with Crippen LogP contribution in [0.25, 0.3) is 17.3 Å². The van der Waals surface area contributed by atoms with Crippen LogP contribution in [0.1, 0.15) is 21.6 Å². The second-order valence-corrected chi connectivity index (χ2v) is 5.84. The topological polar surface area (TPSA) is 79.4 Å². The molecule has 0 bridgehead atoms. The number of carboxylic acids is 1. The number of halogens is 2. The van der Waals surface area contributed by atoms with Gasteiger partial charge in [-0.15, -0.1) is 0 Å². The predicted octanol–water partition coefficient (Wildman–Crippen LogP) is 4.41. The zero-order valence-electron chi connectivity index (χ0n) is 14.5. The van der Waals surface area contributed by atoms with Crippen LogP contribution in [0.3, 0.4) is 0 Å². The van der Waals surface area contributed by atoms with Crippen molar-refractivity contribution in [2.24, 2.45) is 0 Å². The Morgan fingerprint density at radius 3 is 2.36 bits per heavy atom. The van der Waals surface area contributed by atoms with Crippen LogP contribution in [0, 0.1) is 11.6 Å². The Bertz CT molecular complexity index is 1020. The third kappa shape index (κ3) is 4.32. The zero-order valence-corrected chi connectivity index (χ0v) is 14.5. The van der Waals surface area contributed by atoms with E-state index < -0.39 is 29.3 Å². The lowest BCUT2D eigenvalue weighted by Crippen LogP contribution is -2.01. The molecule has 1 aromatic heterocycles. The number of H-pyrrole nitrogens is 1. The van der Waals surface area contributed by atoms with E-state index in [-0.39, 0.29) is 17.9 Å². The molecular formula is C21H15F2NO4. The maximum atomic E-state index is 14.5. The summed E-state index contributed by atoms with van der Waals surface area (Å²) < 4.78 is 32.7. The standard InChI is InChI=1S/C21H15F2NO4/c22-15-8-6-14(7-9-15)19-16(18(23)20(24-19)21(26)27)10-11-17(25)28-12-13-4-2-1-3-5-13/h1-11,24H,12H2,(H,26,27). The van der Waals surface area contributed by atoms with Crippen molar-refractivity contribution in [2.45, 2.75) is 6.61 Å². The molecule has 5 nitrogen and oxygen atoms in total. The van der Waals surface area contributed by atoms with Crippen LogP contribution in [-0.2, 0) is 16.1 Å². The number of nitrogens with one attached hydrogen (secondary N) is 1. The molecule has 3 rings (SSSR count). The highest BCUT2D eigenvalue weighted by Gasteiger charge is 2.21. The van der Waals surface area contributed by atoms with Gasteiger partial charge >= 0.3 is 11.9 Å². The van der Waals surface area contributed by atoms with Gasteiger partial charge in [0.1, 0.15) is 12.4 Å². The van der Waals surface area contributed by atoms with Gasteiger partial charge in [-0.2, -0.15) is 0 Å². The molecule has 7 heteroatoms. The van der Waals surface area contributed by atoms with Gasteiger partial charge in [-0.3, -0.25) is 0 Å². The van der Waals surface area contributed by atoms with Gasteiger partial charge in [0, 0.05) is 11.6 Å². The first-order valence-corrected chi connectivity index (χ1v) is 8.25. The number of carbonyl (C=O) groups excluding carboxylic acids is 1. The van der Waals surface area contributed by atoms with Crippen LogP contribution < -0.4 is 0 Å². The minimum absolute atomic E-state index is 0.0465. The summed E-state index contributed by atoms with van der Waals surface area (Å²) in [6.45, 7) is 0.0465. The molecule has 142 valence electrons. The minimum Gasteiger partial charge on any atom is -0.476 e. The van der Waals surface area contributed by atoms with Crippen LogP contribution in [0.4, 0.5) is 8.78 Å². The first-order chi connectivity index (χ1) is 13.5. The van der Waals surface area contributed by atoms with E-state index in [1.54, 1.807) is 24.3 Å². The molecule has 0 unspecified atom stereocenters. The highest BCUT2D eigenvalue weighted by Crippen LogP contribution is 2.29. The number of rotatable bonds is 6. The van der Waals surface area contributed by atoms with Crippen molar-refractivity contribution < 1.29 is 28.2 Å². The second-order valence-electron chi connectivity index (χ2n) is 5.84. The Morgan fingerprint density at radius 2 is 1.71 bits per heavy atom. The molecule has 1 heterocycles. The molecule has 28 heavy (non-hydrogen) atoms. The van der Waals surface area contributed by atoms with Gasteiger partial charge < -0.3 is 14.8 Å². The van der Waals surface area contributed by atoms with Crippen LogP contribution >= 0.6 is 0 Å². The van der Waals surface area contributed by atoms with E-state index >= 15 is 0 Å². The van der Waals surface area contributed by atoms with E-state index in [1.807, 2.05) is 6.07 Å². The number of ether oxygens (including phenoxy) is 1. The van der Waals surface area contributed by atoms with Crippen molar-refractivity contribution in [1.29, 1.82) is 0 Å². The summed E-state index contributed by atoms with van der Waals surface area (Å²) in [5.74, 6) is -3.73. The summed E-state index contributed by atoms with van der Waals surface area (Å²) >= 11 is 0. The van der Waals surface area contributed by atoms with E-state index in [0.717, 1.165) is 29.8 Å². The lowest BCUT2D eigenvalue weighted by molar-refractivity contribution is -0.138. The summed E-state index contributed by atoms with van der Waals surface area (Å²) in [4.78, 5) is 25.6. The Morgan fingerprint density at radius 1 is 1.04 bits per heavy atom. The van der Waals surface area contributed by atoms with E-state index in [2.05, 4.69) is 4.98 Å². The molecular weight excluding hydrogens is 368 g/mol. The van der Waals surface area contributed by atoms with E-state index in [4.69, 9.17) is 9.84 Å². The molecule has 0 aliphatic heterocycles. The number of aromatic carboxylic acids is 1. The Labute approximate surface area is 158 Å². The monoisotopic (exact) mass is 383 g/mol. The molecule has 3 aromatic rings. The molecule has 0 atom stereocenters. The number of benzene rings is 2. The van der Waals surface area contributed by atoms with Gasteiger partial charge in [-0.05, 0) is 41.5 Å². The summed E-state index contributed by atoms with van der Waals surface area (Å²) in [7, 11) is 0. The van der Waals surface area contributed by atoms with Gasteiger partial charge in [-0.1, -0.05) is 30.3 Å². The summed E-state index contributed by atoms with van der Waals surface area (Å²) in [5, 5.41) is 9.14. The predicted molar refractivity (Wildman–Crippen MR) is 98.4 cm³/mol. The highest BCUT2D eigenvalue weighted by atomic mass is 19.1. The third-order valence-electron chi connectivity index (χ3n) is 3.93. The van der Waals surface area contributed by atoms with Gasteiger partial charge in [0.2, 0.25) is 0 Å². The van der Waals surface area contributed by atoms with E-state index in [0.29, 0.717) is 5.56 Å². The molecule has 0 aliphatic rings. The van der Waals surface area contributed by atoms with Crippen LogP contribution in [0.2, 0.25) is 0 Å². The molecule has 2 N–H and O–H groups in total. The van der Waals surface area contributed by atoms with Gasteiger partial charge in [0.15, 0.2) is 11.5 Å². The van der Waals surface area contributed by atoms with Crippen LogP contribution in [-0.4, -0.2) is 22.0 Å². The average molecular weight is 383 g/mol. The average Bonchev–Trinajstić information content (AvgIpc) is 3.03. The van der Waals surface area contributed by atoms with E-state index in [1.165, 1.54) is 12.1 Å². The smallest absolute Gasteiger partial charge is 0.355 e. The number of hydrogen-bond donors (Lipinski definition) is 2. The summed E-state index contributed by atoms with van der Waals surface area (Å²) in [6, 6.07) is 14.1. The molecule has 0 saturated carbocycles. The molecule has 0 saturated heterocycles. The Balaban J connectivity index is 1.85. The SMILES string of the molecule is O=C(C=Cc1c(-c2ccc(F)cc2)[nH]c(C(=O)O)c1F)OCc1ccccc1. The Hall–Kier alpha value is -3.74. The quantitative estimate of drug-likeness (QED) is 0.488. The maximum Gasteiger partial charge on any atom is 0.355 e. The largest absolute Gasteiger partial charge is 0.476 e. The number of carboxylic acid groups (broad SMARTS) is 1. The fraction of sp³-hybridized carbons (Fsp3) is 0.0476. The number of hydrogen-bond acceptors (Lipinski definition) is 3. The number of aromatic nitrogens is 1. The van der Waals surface area contributed by atoms with Crippen molar-refractivity contribution in [1.82, 2.24) is 4.98 Å². The molecule has 0 aliphatic carbocycles. The van der Waals surface area contributed by atoms with Gasteiger partial charge in [0.05, 0.1) is 5.69 Å². The highest BCUT2D eigenvalue weighted by molar-refractivity contribution is 5.93. The lowest BCUT2D eigenvalue weighted by Gasteiger charge is -2.02. The maximum absolute atomic E-state index is 14.5. The first-order valence-electron chi connectivity index (χ1n) is 8.25. The number of aromatic amines is 1. The first kappa shape index (κ1) is 19.0. The molecule has 2 aromatic carbocycles. The summed E-state index contributed by atoms with van der Waals surface area (Å²) in [5.41, 5.74) is 0.474. The van der Waals surface area contributed by atoms with Crippen molar-refractivity contribution in [3.05, 3.63) is 89.1 Å². The van der Waals surface area contributed by atoms with Crippen LogP contribution in [0.15, 0.2) is 60.7 Å². The van der Waals surface area contributed by atoms with Gasteiger partial charge in [-0.25, -0.2) is 18.4 Å². The number of carbonyl (C=O) groups is 2. The second kappa shape index (κ2) is 8.30. The van der Waals surface area contributed by atoms with E-state index in [9.17, 15) is 18.4 Å².